The number of amides is 2. The molecule has 0 spiro atoms. The Kier molecular flexibility index (Phi) is 6.90. The number of carbonyl (C=O) groups excluding carboxylic acids is 2. The van der Waals surface area contributed by atoms with Crippen LogP contribution in [-0.2, 0) is 9.59 Å². The van der Waals surface area contributed by atoms with E-state index in [1.54, 1.807) is 28.1 Å². The number of para-hydroxylation sites is 2. The first-order chi connectivity index (χ1) is 17.5. The maximum Gasteiger partial charge on any atom is 0.312 e. The maximum atomic E-state index is 12.9. The number of aromatic nitrogens is 2. The monoisotopic (exact) mass is 506 g/mol. The highest BCUT2D eigenvalue weighted by Crippen LogP contribution is 2.23. The van der Waals surface area contributed by atoms with Crippen molar-refractivity contribution >= 4 is 34.8 Å². The molecule has 9 nitrogen and oxygen atoms in total. The van der Waals surface area contributed by atoms with Gasteiger partial charge in [-0.15, -0.1) is 0 Å². The summed E-state index contributed by atoms with van der Waals surface area (Å²) in [5, 5.41) is 7.79. The van der Waals surface area contributed by atoms with E-state index in [-0.39, 0.29) is 11.1 Å². The van der Waals surface area contributed by atoms with Crippen LogP contribution in [0.4, 0.5) is 11.4 Å². The second-order valence-electron chi connectivity index (χ2n) is 8.92. The van der Waals surface area contributed by atoms with E-state index in [2.05, 4.69) is 10.4 Å². The maximum absolute atomic E-state index is 12.9. The number of carbonyl (C=O) groups is 2. The molecule has 5 rings (SSSR count). The van der Waals surface area contributed by atoms with Gasteiger partial charge in [0, 0.05) is 51.0 Å². The first-order valence-corrected chi connectivity index (χ1v) is 12.4. The summed E-state index contributed by atoms with van der Waals surface area (Å²) >= 11 is 6.43. The summed E-state index contributed by atoms with van der Waals surface area (Å²) in [4.78, 5) is 43.7. The zero-order valence-electron chi connectivity index (χ0n) is 19.7. The molecule has 2 aromatic carbocycles. The molecule has 36 heavy (non-hydrogen) atoms. The molecule has 2 fully saturated rings. The number of benzene rings is 2. The molecule has 186 valence electrons. The third kappa shape index (κ3) is 4.92. The number of likely N-dealkylation sites (tertiary alicyclic amines) is 1. The molecule has 0 saturated carbocycles. The third-order valence-corrected chi connectivity index (χ3v) is 6.97. The van der Waals surface area contributed by atoms with Gasteiger partial charge >= 0.3 is 11.8 Å². The summed E-state index contributed by atoms with van der Waals surface area (Å²) in [7, 11) is 0. The minimum atomic E-state index is -0.487. The molecule has 1 unspecified atom stereocenters. The van der Waals surface area contributed by atoms with E-state index in [0.717, 1.165) is 12.1 Å². The van der Waals surface area contributed by atoms with Gasteiger partial charge in [0.2, 0.25) is 0 Å². The third-order valence-electron chi connectivity index (χ3n) is 6.61. The zero-order valence-corrected chi connectivity index (χ0v) is 20.5. The van der Waals surface area contributed by atoms with Crippen LogP contribution in [0, 0.1) is 0 Å². The first kappa shape index (κ1) is 23.9. The van der Waals surface area contributed by atoms with Gasteiger partial charge in [0.05, 0.1) is 17.6 Å². The van der Waals surface area contributed by atoms with Crippen LogP contribution in [0.25, 0.3) is 5.69 Å². The summed E-state index contributed by atoms with van der Waals surface area (Å²) in [5.74, 6) is -0.954. The van der Waals surface area contributed by atoms with Crippen molar-refractivity contribution in [1.82, 2.24) is 19.6 Å². The predicted octanol–water partition coefficient (Wildman–Crippen LogP) is 2.25. The van der Waals surface area contributed by atoms with E-state index in [9.17, 15) is 14.4 Å². The second kappa shape index (κ2) is 10.4. The molecule has 2 saturated heterocycles. The summed E-state index contributed by atoms with van der Waals surface area (Å²) in [5.41, 5.74) is 1.76. The van der Waals surface area contributed by atoms with E-state index >= 15 is 0 Å². The van der Waals surface area contributed by atoms with Gasteiger partial charge in [-0.1, -0.05) is 48.0 Å². The fourth-order valence-electron chi connectivity index (χ4n) is 4.65. The molecule has 0 aliphatic carbocycles. The molecular weight excluding hydrogens is 480 g/mol. The van der Waals surface area contributed by atoms with Crippen LogP contribution >= 0.6 is 11.6 Å². The van der Waals surface area contributed by atoms with Gasteiger partial charge in [-0.3, -0.25) is 14.4 Å². The number of nitrogens with one attached hydrogen (secondary N) is 1. The quantitative estimate of drug-likeness (QED) is 0.546. The Balaban J connectivity index is 1.17. The Morgan fingerprint density at radius 2 is 1.50 bits per heavy atom. The minimum absolute atomic E-state index is 0.0822. The van der Waals surface area contributed by atoms with Crippen molar-refractivity contribution in [1.29, 1.82) is 0 Å². The lowest BCUT2D eigenvalue weighted by atomic mass is 10.2. The van der Waals surface area contributed by atoms with Crippen molar-refractivity contribution in [2.75, 3.05) is 49.5 Å². The molecule has 0 bridgehead atoms. The summed E-state index contributed by atoms with van der Waals surface area (Å²) < 4.78 is 1.26. The molecule has 1 N–H and O–H groups in total. The van der Waals surface area contributed by atoms with Gasteiger partial charge in [0.25, 0.3) is 5.56 Å². The Hall–Kier alpha value is -3.85. The molecule has 2 amide bonds. The van der Waals surface area contributed by atoms with Crippen molar-refractivity contribution in [3.8, 4) is 5.69 Å². The van der Waals surface area contributed by atoms with Gasteiger partial charge in [-0.2, -0.15) is 9.78 Å². The van der Waals surface area contributed by atoms with Crippen LogP contribution in [0.15, 0.2) is 71.7 Å². The topological polar surface area (TPSA) is 90.8 Å². The summed E-state index contributed by atoms with van der Waals surface area (Å²) in [6.45, 7) is 2.68. The van der Waals surface area contributed by atoms with Gasteiger partial charge in [0.1, 0.15) is 5.02 Å². The number of rotatable bonds is 4. The largest absolute Gasteiger partial charge is 0.380 e. The summed E-state index contributed by atoms with van der Waals surface area (Å²) in [6, 6.07) is 19.0. The molecule has 1 atom stereocenters. The van der Waals surface area contributed by atoms with E-state index < -0.39 is 17.4 Å². The van der Waals surface area contributed by atoms with Gasteiger partial charge in [-0.05, 0) is 30.7 Å². The number of nitrogens with zero attached hydrogens (tertiary/aromatic N) is 5. The first-order valence-electron chi connectivity index (χ1n) is 12.0. The predicted molar refractivity (Wildman–Crippen MR) is 139 cm³/mol. The average Bonchev–Trinajstić information content (AvgIpc) is 3.39. The Bertz CT molecular complexity index is 1290. The van der Waals surface area contributed by atoms with E-state index in [0.29, 0.717) is 50.6 Å². The zero-order chi connectivity index (χ0) is 25.1. The summed E-state index contributed by atoms with van der Waals surface area (Å²) in [6.07, 6.45) is 2.37. The fourth-order valence-corrected chi connectivity index (χ4v) is 4.90. The fraction of sp³-hybridized carbons (Fsp3) is 0.308. The second-order valence-corrected chi connectivity index (χ2v) is 9.30. The Morgan fingerprint density at radius 1 is 0.861 bits per heavy atom. The molecule has 0 radical (unpaired) electrons. The van der Waals surface area contributed by atoms with Crippen molar-refractivity contribution < 1.29 is 9.59 Å². The molecule has 2 aliphatic heterocycles. The Labute approximate surface area is 213 Å². The Morgan fingerprint density at radius 3 is 2.19 bits per heavy atom. The van der Waals surface area contributed by atoms with Gasteiger partial charge in [0.15, 0.2) is 0 Å². The molecule has 1 aromatic heterocycles. The molecule has 3 heterocycles. The highest BCUT2D eigenvalue weighted by atomic mass is 35.5. The molecule has 3 aromatic rings. The molecule has 10 heteroatoms. The van der Waals surface area contributed by atoms with Crippen molar-refractivity contribution in [2.45, 2.75) is 12.5 Å². The van der Waals surface area contributed by atoms with E-state index in [4.69, 9.17) is 11.6 Å². The van der Waals surface area contributed by atoms with Crippen LogP contribution in [0.1, 0.15) is 6.42 Å². The van der Waals surface area contributed by atoms with Crippen molar-refractivity contribution in [2.24, 2.45) is 0 Å². The van der Waals surface area contributed by atoms with E-state index in [1.165, 1.54) is 4.68 Å². The number of halogens is 1. The van der Waals surface area contributed by atoms with Gasteiger partial charge < -0.3 is 20.0 Å². The molecule has 2 aliphatic rings. The van der Waals surface area contributed by atoms with Crippen molar-refractivity contribution in [3.05, 3.63) is 82.2 Å². The highest BCUT2D eigenvalue weighted by molar-refractivity contribution is 6.35. The number of hydrogen-bond donors (Lipinski definition) is 1. The molecular formula is C26H27ClN6O3. The number of anilines is 2. The van der Waals surface area contributed by atoms with Crippen LogP contribution in [0.2, 0.25) is 5.02 Å². The van der Waals surface area contributed by atoms with Crippen LogP contribution in [0.5, 0.6) is 0 Å². The normalized spacial score (nSPS) is 17.8. The lowest BCUT2D eigenvalue weighted by Crippen LogP contribution is -2.53. The minimum Gasteiger partial charge on any atom is -0.380 e. The number of piperazine rings is 1. The van der Waals surface area contributed by atoms with Gasteiger partial charge in [-0.25, -0.2) is 0 Å². The van der Waals surface area contributed by atoms with Crippen LogP contribution < -0.4 is 15.8 Å². The highest BCUT2D eigenvalue weighted by Gasteiger charge is 2.34. The van der Waals surface area contributed by atoms with Crippen LogP contribution in [0.3, 0.4) is 0 Å². The van der Waals surface area contributed by atoms with Crippen LogP contribution in [-0.4, -0.2) is 76.7 Å². The lowest BCUT2D eigenvalue weighted by Gasteiger charge is -2.36. The van der Waals surface area contributed by atoms with Crippen molar-refractivity contribution in [3.63, 3.8) is 0 Å². The number of hydrogen-bond acceptors (Lipinski definition) is 6. The smallest absolute Gasteiger partial charge is 0.312 e. The van der Waals surface area contributed by atoms with E-state index in [1.807, 2.05) is 53.4 Å². The lowest BCUT2D eigenvalue weighted by molar-refractivity contribution is -0.151. The average molecular weight is 507 g/mol. The SMILES string of the molecule is O=C(C(=O)N1CCC(Nc2ccccc2)C1)N1CCN(c2cnn(-c3ccccc3)c(=O)c2Cl)CC1. The standard InChI is InChI=1S/C26H27ClN6O3/c27-23-22(17-28-33(24(23)34)21-9-5-2-6-10-21)30-13-15-31(16-14-30)25(35)26(36)32-12-11-20(18-32)29-19-7-3-1-4-8-19/h1-10,17,20,29H,11-16,18H2.